The van der Waals surface area contributed by atoms with E-state index in [9.17, 15) is 4.79 Å². The van der Waals surface area contributed by atoms with Gasteiger partial charge in [-0.15, -0.1) is 24.8 Å². The van der Waals surface area contributed by atoms with E-state index in [4.69, 9.17) is 0 Å². The van der Waals surface area contributed by atoms with E-state index in [1.807, 2.05) is 22.6 Å². The van der Waals surface area contributed by atoms with Gasteiger partial charge in [-0.2, -0.15) is 5.10 Å². The van der Waals surface area contributed by atoms with Gasteiger partial charge >= 0.3 is 0 Å². The molecule has 24 heavy (non-hydrogen) atoms. The molecule has 0 bridgehead atoms. The van der Waals surface area contributed by atoms with Crippen LogP contribution in [0.1, 0.15) is 42.9 Å². The fourth-order valence-electron chi connectivity index (χ4n) is 2.96. The number of halogens is 2. The van der Waals surface area contributed by atoms with Crippen molar-refractivity contribution in [1.29, 1.82) is 0 Å². The number of pyridine rings is 1. The molecule has 0 aliphatic carbocycles. The van der Waals surface area contributed by atoms with E-state index >= 15 is 0 Å². The Kier molecular flexibility index (Phi) is 7.01. The number of carbonyl (C=O) groups is 1. The van der Waals surface area contributed by atoms with E-state index in [1.165, 1.54) is 0 Å². The molecule has 0 aromatic carbocycles. The van der Waals surface area contributed by atoms with Crippen LogP contribution >= 0.6 is 24.8 Å². The number of hydrogen-bond acceptors (Lipinski definition) is 4. The Labute approximate surface area is 154 Å². The summed E-state index contributed by atoms with van der Waals surface area (Å²) >= 11 is 0. The minimum atomic E-state index is 0. The fourth-order valence-corrected chi connectivity index (χ4v) is 2.96. The van der Waals surface area contributed by atoms with Crippen molar-refractivity contribution >= 4 is 41.8 Å². The van der Waals surface area contributed by atoms with Crippen LogP contribution < -0.4 is 5.32 Å². The largest absolute Gasteiger partial charge is 0.333 e. The van der Waals surface area contributed by atoms with Gasteiger partial charge in [-0.25, -0.2) is 9.67 Å². The van der Waals surface area contributed by atoms with Crippen molar-refractivity contribution in [1.82, 2.24) is 25.0 Å². The molecule has 6 nitrogen and oxygen atoms in total. The first kappa shape index (κ1) is 20.7. The van der Waals surface area contributed by atoms with Crippen molar-refractivity contribution in [3.05, 3.63) is 23.5 Å². The molecule has 1 aliphatic rings. The predicted molar refractivity (Wildman–Crippen MR) is 101 cm³/mol. The van der Waals surface area contributed by atoms with Crippen LogP contribution in [0, 0.1) is 6.92 Å². The summed E-state index contributed by atoms with van der Waals surface area (Å²) in [7, 11) is 0. The molecule has 134 valence electrons. The van der Waals surface area contributed by atoms with Crippen LogP contribution in [0.25, 0.3) is 11.0 Å². The first-order valence-electron chi connectivity index (χ1n) is 7.85. The van der Waals surface area contributed by atoms with E-state index in [-0.39, 0.29) is 42.8 Å². The van der Waals surface area contributed by atoms with Gasteiger partial charge in [-0.1, -0.05) is 0 Å². The van der Waals surface area contributed by atoms with Crippen LogP contribution in [0.4, 0.5) is 0 Å². The first-order chi connectivity index (χ1) is 10.5. The summed E-state index contributed by atoms with van der Waals surface area (Å²) in [4.78, 5) is 19.4. The zero-order valence-corrected chi connectivity index (χ0v) is 16.1. The number of carbonyl (C=O) groups excluding carboxylic acids is 1. The van der Waals surface area contributed by atoms with Gasteiger partial charge in [0.05, 0.1) is 17.5 Å². The van der Waals surface area contributed by atoms with Crippen molar-refractivity contribution in [2.45, 2.75) is 39.8 Å². The zero-order chi connectivity index (χ0) is 15.9. The number of rotatable bonds is 2. The summed E-state index contributed by atoms with van der Waals surface area (Å²) in [6, 6.07) is 2.38. The Morgan fingerprint density at radius 3 is 2.71 bits per heavy atom. The number of piperazine rings is 1. The van der Waals surface area contributed by atoms with Gasteiger partial charge in [0.25, 0.3) is 5.91 Å². The van der Waals surface area contributed by atoms with Gasteiger partial charge in [-0.05, 0) is 33.8 Å². The maximum absolute atomic E-state index is 12.8. The van der Waals surface area contributed by atoms with E-state index in [0.29, 0.717) is 5.56 Å². The van der Waals surface area contributed by atoms with E-state index in [2.05, 4.69) is 36.2 Å². The molecular weight excluding hydrogens is 349 g/mol. The average molecular weight is 374 g/mol. The third-order valence-corrected chi connectivity index (χ3v) is 4.24. The van der Waals surface area contributed by atoms with E-state index in [1.54, 1.807) is 6.20 Å². The van der Waals surface area contributed by atoms with Crippen molar-refractivity contribution in [2.75, 3.05) is 19.6 Å². The lowest BCUT2D eigenvalue weighted by Crippen LogP contribution is -2.52. The molecule has 2 aromatic rings. The molecule has 0 radical (unpaired) electrons. The van der Waals surface area contributed by atoms with Crippen LogP contribution in [-0.4, -0.2) is 51.2 Å². The quantitative estimate of drug-likeness (QED) is 0.878. The number of fused-ring (bicyclic) bond motifs is 1. The van der Waals surface area contributed by atoms with Crippen LogP contribution in [0.2, 0.25) is 0 Å². The summed E-state index contributed by atoms with van der Waals surface area (Å²) in [5.74, 6) is 0.0678. The highest BCUT2D eigenvalue weighted by atomic mass is 35.5. The van der Waals surface area contributed by atoms with Gasteiger partial charge in [0.1, 0.15) is 0 Å². The molecule has 1 fully saturated rings. The predicted octanol–water partition coefficient (Wildman–Crippen LogP) is 2.60. The minimum absolute atomic E-state index is 0. The van der Waals surface area contributed by atoms with Crippen LogP contribution in [-0.2, 0) is 0 Å². The van der Waals surface area contributed by atoms with Crippen LogP contribution in [0.3, 0.4) is 0 Å². The van der Waals surface area contributed by atoms with Gasteiger partial charge < -0.3 is 10.2 Å². The zero-order valence-electron chi connectivity index (χ0n) is 14.4. The second kappa shape index (κ2) is 8.14. The molecule has 3 heterocycles. The topological polar surface area (TPSA) is 63.1 Å². The molecule has 3 rings (SSSR count). The van der Waals surface area contributed by atoms with Gasteiger partial charge in [0.15, 0.2) is 5.65 Å². The summed E-state index contributed by atoms with van der Waals surface area (Å²) in [6.45, 7) is 10.5. The van der Waals surface area contributed by atoms with Crippen LogP contribution in [0.5, 0.6) is 0 Å². The third kappa shape index (κ3) is 3.66. The molecule has 0 unspecified atom stereocenters. The Morgan fingerprint density at radius 1 is 1.38 bits per heavy atom. The Hall–Kier alpha value is -1.37. The molecule has 1 amide bonds. The number of nitrogens with zero attached hydrogens (tertiary/aromatic N) is 4. The highest BCUT2D eigenvalue weighted by Gasteiger charge is 2.26. The van der Waals surface area contributed by atoms with Crippen molar-refractivity contribution in [3.8, 4) is 0 Å². The molecule has 2 aromatic heterocycles. The standard InChI is InChI=1S/C16H23N5O.2ClH/c1-10(2)21-15-13(9-18-21)7-14(12(4)19-15)16(22)20-6-5-17-8-11(20)3;;/h7,9-11,17H,5-6,8H2,1-4H3;2*1H/t11-;;/m1../s1. The number of amides is 1. The van der Waals surface area contributed by atoms with Crippen molar-refractivity contribution < 1.29 is 4.79 Å². The molecule has 1 atom stereocenters. The van der Waals surface area contributed by atoms with Crippen molar-refractivity contribution in [3.63, 3.8) is 0 Å². The van der Waals surface area contributed by atoms with Crippen LogP contribution in [0.15, 0.2) is 12.3 Å². The number of aryl methyl sites for hydroxylation is 1. The van der Waals surface area contributed by atoms with E-state index in [0.717, 1.165) is 36.4 Å². The second-order valence-corrected chi connectivity index (χ2v) is 6.27. The average Bonchev–Trinajstić information content (AvgIpc) is 2.89. The Bertz CT molecular complexity index is 716. The Morgan fingerprint density at radius 2 is 2.08 bits per heavy atom. The maximum Gasteiger partial charge on any atom is 0.256 e. The number of aromatic nitrogens is 3. The lowest BCUT2D eigenvalue weighted by atomic mass is 10.1. The molecule has 0 spiro atoms. The lowest BCUT2D eigenvalue weighted by Gasteiger charge is -2.34. The number of hydrogen-bond donors (Lipinski definition) is 1. The minimum Gasteiger partial charge on any atom is -0.333 e. The number of nitrogens with one attached hydrogen (secondary N) is 1. The monoisotopic (exact) mass is 373 g/mol. The summed E-state index contributed by atoms with van der Waals surface area (Å²) in [5.41, 5.74) is 2.30. The highest BCUT2D eigenvalue weighted by Crippen LogP contribution is 2.21. The lowest BCUT2D eigenvalue weighted by molar-refractivity contribution is 0.0654. The third-order valence-electron chi connectivity index (χ3n) is 4.24. The Balaban J connectivity index is 0.00000144. The van der Waals surface area contributed by atoms with Crippen molar-refractivity contribution in [2.24, 2.45) is 0 Å². The first-order valence-corrected chi connectivity index (χ1v) is 7.85. The molecule has 0 saturated carbocycles. The molecule has 1 saturated heterocycles. The van der Waals surface area contributed by atoms with Gasteiger partial charge in [0.2, 0.25) is 0 Å². The molecule has 8 heteroatoms. The molecule has 1 aliphatic heterocycles. The van der Waals surface area contributed by atoms with Gasteiger partial charge in [0, 0.05) is 37.1 Å². The summed E-state index contributed by atoms with van der Waals surface area (Å²) < 4.78 is 1.89. The second-order valence-electron chi connectivity index (χ2n) is 6.27. The van der Waals surface area contributed by atoms with E-state index < -0.39 is 0 Å². The maximum atomic E-state index is 12.8. The highest BCUT2D eigenvalue weighted by molar-refractivity contribution is 5.98. The fraction of sp³-hybridized carbons (Fsp3) is 0.562. The normalized spacial score (nSPS) is 17.5. The SMILES string of the molecule is Cc1nc2c(cnn2C(C)C)cc1C(=O)N1CCNC[C@H]1C.Cl.Cl. The molecular formula is C16H25Cl2N5O. The summed E-state index contributed by atoms with van der Waals surface area (Å²) in [6.07, 6.45) is 1.79. The summed E-state index contributed by atoms with van der Waals surface area (Å²) in [5, 5.41) is 8.61. The van der Waals surface area contributed by atoms with Gasteiger partial charge in [-0.3, -0.25) is 4.79 Å². The molecule has 1 N–H and O–H groups in total. The smallest absolute Gasteiger partial charge is 0.256 e.